The van der Waals surface area contributed by atoms with Crippen LogP contribution >= 0.6 is 22.9 Å². The number of thiazole rings is 1. The van der Waals surface area contributed by atoms with Gasteiger partial charge in [-0.15, -0.1) is 11.3 Å². The first-order chi connectivity index (χ1) is 10.9. The van der Waals surface area contributed by atoms with E-state index in [2.05, 4.69) is 41.8 Å². The SMILES string of the molecule is CC(C)(C)c1csc(CCNC(=O)NCc2ccccc2Cl)n1. The molecule has 6 heteroatoms. The number of amides is 2. The van der Waals surface area contributed by atoms with E-state index in [0.29, 0.717) is 18.1 Å². The highest BCUT2D eigenvalue weighted by Gasteiger charge is 2.17. The molecule has 2 rings (SSSR count). The molecule has 0 atom stereocenters. The second-order valence-electron chi connectivity index (χ2n) is 6.33. The van der Waals surface area contributed by atoms with Crippen LogP contribution in [0.3, 0.4) is 0 Å². The number of hydrogen-bond acceptors (Lipinski definition) is 3. The molecule has 0 saturated carbocycles. The third kappa shape index (κ3) is 5.52. The summed E-state index contributed by atoms with van der Waals surface area (Å²) < 4.78 is 0. The van der Waals surface area contributed by atoms with Crippen LogP contribution in [0.15, 0.2) is 29.6 Å². The normalized spacial score (nSPS) is 11.3. The molecule has 0 spiro atoms. The molecule has 0 radical (unpaired) electrons. The first kappa shape index (κ1) is 17.8. The number of hydrogen-bond donors (Lipinski definition) is 2. The number of urea groups is 1. The number of aromatic nitrogens is 1. The van der Waals surface area contributed by atoms with Gasteiger partial charge in [0.05, 0.1) is 10.7 Å². The van der Waals surface area contributed by atoms with Crippen molar-refractivity contribution in [2.45, 2.75) is 39.2 Å². The Morgan fingerprint density at radius 2 is 2.00 bits per heavy atom. The summed E-state index contributed by atoms with van der Waals surface area (Å²) in [6.07, 6.45) is 0.736. The molecule has 1 aromatic carbocycles. The monoisotopic (exact) mass is 351 g/mol. The Hall–Kier alpha value is -1.59. The fourth-order valence-electron chi connectivity index (χ4n) is 1.93. The molecule has 0 unspecified atom stereocenters. The van der Waals surface area contributed by atoms with Crippen molar-refractivity contribution < 1.29 is 4.79 Å². The third-order valence-electron chi connectivity index (χ3n) is 3.34. The van der Waals surface area contributed by atoms with E-state index >= 15 is 0 Å². The van der Waals surface area contributed by atoms with Gasteiger partial charge >= 0.3 is 6.03 Å². The molecule has 0 fully saturated rings. The second-order valence-corrected chi connectivity index (χ2v) is 7.68. The summed E-state index contributed by atoms with van der Waals surface area (Å²) in [5.41, 5.74) is 2.06. The van der Waals surface area contributed by atoms with Gasteiger partial charge in [-0.2, -0.15) is 0 Å². The highest BCUT2D eigenvalue weighted by atomic mass is 35.5. The molecular formula is C17H22ClN3OS. The van der Waals surface area contributed by atoms with E-state index in [4.69, 9.17) is 11.6 Å². The van der Waals surface area contributed by atoms with Gasteiger partial charge < -0.3 is 10.6 Å². The highest BCUT2D eigenvalue weighted by molar-refractivity contribution is 7.09. The van der Waals surface area contributed by atoms with E-state index in [1.165, 1.54) is 0 Å². The molecule has 124 valence electrons. The van der Waals surface area contributed by atoms with Gasteiger partial charge in [-0.3, -0.25) is 0 Å². The maximum atomic E-state index is 11.8. The number of rotatable bonds is 5. The minimum absolute atomic E-state index is 0.0640. The van der Waals surface area contributed by atoms with Gasteiger partial charge in [-0.1, -0.05) is 50.6 Å². The standard InChI is InChI=1S/C17H22ClN3OS/c1-17(2,3)14-11-23-15(21-14)8-9-19-16(22)20-10-12-6-4-5-7-13(12)18/h4-7,11H,8-10H2,1-3H3,(H2,19,20,22). The van der Waals surface area contributed by atoms with E-state index in [9.17, 15) is 4.79 Å². The molecule has 23 heavy (non-hydrogen) atoms. The highest BCUT2D eigenvalue weighted by Crippen LogP contribution is 2.23. The van der Waals surface area contributed by atoms with Gasteiger partial charge in [0.15, 0.2) is 0 Å². The fourth-order valence-corrected chi connectivity index (χ4v) is 3.16. The molecule has 4 nitrogen and oxygen atoms in total. The average molecular weight is 352 g/mol. The van der Waals surface area contributed by atoms with Crippen molar-refractivity contribution in [2.75, 3.05) is 6.54 Å². The quantitative estimate of drug-likeness (QED) is 0.850. The largest absolute Gasteiger partial charge is 0.338 e. The Morgan fingerprint density at radius 1 is 1.26 bits per heavy atom. The molecule has 2 amide bonds. The van der Waals surface area contributed by atoms with Crippen molar-refractivity contribution in [3.05, 3.63) is 50.9 Å². The van der Waals surface area contributed by atoms with E-state index in [1.54, 1.807) is 11.3 Å². The van der Waals surface area contributed by atoms with E-state index in [0.717, 1.165) is 22.7 Å². The van der Waals surface area contributed by atoms with Crippen LogP contribution < -0.4 is 10.6 Å². The molecule has 0 saturated heterocycles. The van der Waals surface area contributed by atoms with Crippen molar-refractivity contribution in [2.24, 2.45) is 0 Å². The van der Waals surface area contributed by atoms with Crippen LogP contribution in [-0.2, 0) is 18.4 Å². The van der Waals surface area contributed by atoms with Crippen LogP contribution in [0.2, 0.25) is 5.02 Å². The Labute approximate surface area is 146 Å². The van der Waals surface area contributed by atoms with Crippen LogP contribution in [0.4, 0.5) is 4.79 Å². The predicted octanol–water partition coefficient (Wildman–Crippen LogP) is 4.14. The zero-order valence-electron chi connectivity index (χ0n) is 13.6. The number of carbonyl (C=O) groups is 1. The zero-order valence-corrected chi connectivity index (χ0v) is 15.2. The Kier molecular flexibility index (Phi) is 6.02. The van der Waals surface area contributed by atoms with Gasteiger partial charge in [-0.25, -0.2) is 9.78 Å². The topological polar surface area (TPSA) is 54.0 Å². The Morgan fingerprint density at radius 3 is 2.65 bits per heavy atom. The minimum Gasteiger partial charge on any atom is -0.338 e. The zero-order chi connectivity index (χ0) is 16.9. The van der Waals surface area contributed by atoms with Crippen LogP contribution in [0, 0.1) is 0 Å². The lowest BCUT2D eigenvalue weighted by Gasteiger charge is -2.14. The summed E-state index contributed by atoms with van der Waals surface area (Å²) in [7, 11) is 0. The molecule has 0 aliphatic carbocycles. The van der Waals surface area contributed by atoms with Gasteiger partial charge in [0.1, 0.15) is 0 Å². The van der Waals surface area contributed by atoms with Crippen molar-refractivity contribution in [3.8, 4) is 0 Å². The van der Waals surface area contributed by atoms with Crippen LogP contribution in [0.5, 0.6) is 0 Å². The van der Waals surface area contributed by atoms with Gasteiger partial charge in [0.25, 0.3) is 0 Å². The minimum atomic E-state index is -0.197. The van der Waals surface area contributed by atoms with Crippen LogP contribution in [0.1, 0.15) is 37.0 Å². The van der Waals surface area contributed by atoms with Crippen LogP contribution in [-0.4, -0.2) is 17.6 Å². The summed E-state index contributed by atoms with van der Waals surface area (Å²) in [4.78, 5) is 16.4. The third-order valence-corrected chi connectivity index (χ3v) is 4.62. The maximum absolute atomic E-state index is 11.8. The molecule has 0 aliphatic heterocycles. The summed E-state index contributed by atoms with van der Waals surface area (Å²) in [5.74, 6) is 0. The molecule has 1 heterocycles. The maximum Gasteiger partial charge on any atom is 0.315 e. The average Bonchev–Trinajstić information content (AvgIpc) is 2.95. The van der Waals surface area contributed by atoms with Crippen LogP contribution in [0.25, 0.3) is 0 Å². The molecule has 0 aliphatic rings. The number of halogens is 1. The molecule has 0 bridgehead atoms. The Bertz CT molecular complexity index is 664. The van der Waals surface area contributed by atoms with Gasteiger partial charge in [-0.05, 0) is 11.6 Å². The first-order valence-electron chi connectivity index (χ1n) is 7.56. The molecular weight excluding hydrogens is 330 g/mol. The van der Waals surface area contributed by atoms with Crippen molar-refractivity contribution in [1.82, 2.24) is 15.6 Å². The Balaban J connectivity index is 1.73. The first-order valence-corrected chi connectivity index (χ1v) is 8.82. The second kappa shape index (κ2) is 7.79. The number of carbonyl (C=O) groups excluding carboxylic acids is 1. The fraction of sp³-hybridized carbons (Fsp3) is 0.412. The van der Waals surface area contributed by atoms with E-state index in [-0.39, 0.29) is 11.4 Å². The lowest BCUT2D eigenvalue weighted by atomic mass is 9.93. The smallest absolute Gasteiger partial charge is 0.315 e. The number of nitrogens with one attached hydrogen (secondary N) is 2. The van der Waals surface area contributed by atoms with E-state index in [1.807, 2.05) is 24.3 Å². The predicted molar refractivity (Wildman–Crippen MR) is 96.2 cm³/mol. The summed E-state index contributed by atoms with van der Waals surface area (Å²) in [6.45, 7) is 7.41. The summed E-state index contributed by atoms with van der Waals surface area (Å²) in [6, 6.07) is 7.28. The van der Waals surface area contributed by atoms with Gasteiger partial charge in [0, 0.05) is 35.3 Å². The van der Waals surface area contributed by atoms with Crippen molar-refractivity contribution in [3.63, 3.8) is 0 Å². The summed E-state index contributed by atoms with van der Waals surface area (Å²) in [5, 5.41) is 9.44. The molecule has 1 aromatic heterocycles. The summed E-state index contributed by atoms with van der Waals surface area (Å²) >= 11 is 7.69. The lowest BCUT2D eigenvalue weighted by molar-refractivity contribution is 0.240. The van der Waals surface area contributed by atoms with Crippen molar-refractivity contribution >= 4 is 29.0 Å². The van der Waals surface area contributed by atoms with E-state index < -0.39 is 0 Å². The number of benzene rings is 1. The molecule has 2 aromatic rings. The number of nitrogens with zero attached hydrogens (tertiary/aromatic N) is 1. The van der Waals surface area contributed by atoms with Crippen molar-refractivity contribution in [1.29, 1.82) is 0 Å². The molecule has 2 N–H and O–H groups in total. The van der Waals surface area contributed by atoms with Gasteiger partial charge in [0.2, 0.25) is 0 Å². The lowest BCUT2D eigenvalue weighted by Crippen LogP contribution is -2.36.